The van der Waals surface area contributed by atoms with E-state index >= 15 is 0 Å². The van der Waals surface area contributed by atoms with E-state index in [-0.39, 0.29) is 0 Å². The first-order valence-electron chi connectivity index (χ1n) is 4.94. The number of rotatable bonds is 4. The fourth-order valence-electron chi connectivity index (χ4n) is 1.14. The maximum absolute atomic E-state index is 11.3. The minimum Gasteiger partial charge on any atom is -0.430 e. The van der Waals surface area contributed by atoms with E-state index in [1.165, 1.54) is 0 Å². The molecule has 1 atom stereocenters. The van der Waals surface area contributed by atoms with Crippen molar-refractivity contribution in [3.8, 4) is 0 Å². The van der Waals surface area contributed by atoms with Gasteiger partial charge in [-0.05, 0) is 11.6 Å². The summed E-state index contributed by atoms with van der Waals surface area (Å²) in [4.78, 5) is 22.6. The molecule has 1 aromatic carbocycles. The van der Waals surface area contributed by atoms with Crippen LogP contribution < -0.4 is 0 Å². The maximum atomic E-state index is 11.3. The van der Waals surface area contributed by atoms with Gasteiger partial charge >= 0.3 is 6.16 Å². The lowest BCUT2D eigenvalue weighted by Gasteiger charge is -2.15. The van der Waals surface area contributed by atoms with Crippen LogP contribution in [0.25, 0.3) is 0 Å². The zero-order valence-electron chi connectivity index (χ0n) is 9.32. The number of halogens is 4. The second kappa shape index (κ2) is 7.20. The lowest BCUT2D eigenvalue weighted by Crippen LogP contribution is -2.21. The van der Waals surface area contributed by atoms with Gasteiger partial charge in [0.1, 0.15) is 6.61 Å². The quantitative estimate of drug-likeness (QED) is 0.470. The molecule has 0 fully saturated rings. The van der Waals surface area contributed by atoms with Crippen LogP contribution in [0.1, 0.15) is 11.7 Å². The Morgan fingerprint density at radius 3 is 2.21 bits per heavy atom. The van der Waals surface area contributed by atoms with Crippen LogP contribution in [0.15, 0.2) is 30.3 Å². The molecule has 104 valence electrons. The molecule has 0 spiro atoms. The average molecular weight is 346 g/mol. The molecule has 0 saturated carbocycles. The first-order valence-corrected chi connectivity index (χ1v) is 6.45. The van der Waals surface area contributed by atoms with Crippen LogP contribution in [0, 0.1) is 0 Å². The van der Waals surface area contributed by atoms with Gasteiger partial charge in [-0.2, -0.15) is 0 Å². The van der Waals surface area contributed by atoms with Gasteiger partial charge in [0.15, 0.2) is 0 Å². The van der Waals surface area contributed by atoms with Crippen LogP contribution in [0.2, 0.25) is 0 Å². The second-order valence-corrected chi connectivity index (χ2v) is 6.26. The third-order valence-corrected chi connectivity index (χ3v) is 2.40. The van der Waals surface area contributed by atoms with Crippen LogP contribution in [0.5, 0.6) is 0 Å². The van der Waals surface area contributed by atoms with Gasteiger partial charge in [0.05, 0.1) is 0 Å². The van der Waals surface area contributed by atoms with Crippen molar-refractivity contribution in [1.82, 2.24) is 0 Å². The van der Waals surface area contributed by atoms with Crippen LogP contribution in [0.3, 0.4) is 0 Å². The van der Waals surface area contributed by atoms with E-state index in [1.807, 2.05) is 0 Å². The smallest absolute Gasteiger partial charge is 0.430 e. The summed E-state index contributed by atoms with van der Waals surface area (Å²) in [7, 11) is 0. The minimum atomic E-state index is -1.76. The van der Waals surface area contributed by atoms with Gasteiger partial charge in [-0.25, -0.2) is 4.79 Å². The maximum Gasteiger partial charge on any atom is 0.509 e. The predicted molar refractivity (Wildman–Crippen MR) is 72.8 cm³/mol. The molecule has 0 amide bonds. The van der Waals surface area contributed by atoms with Gasteiger partial charge in [0.25, 0.3) is 5.24 Å². The highest BCUT2D eigenvalue weighted by Gasteiger charge is 2.27. The zero-order valence-corrected chi connectivity index (χ0v) is 12.3. The Labute approximate surface area is 129 Å². The lowest BCUT2D eigenvalue weighted by atomic mass is 10.1. The molecule has 1 unspecified atom stereocenters. The summed E-state index contributed by atoms with van der Waals surface area (Å²) >= 11 is 21.6. The highest BCUT2D eigenvalue weighted by molar-refractivity contribution is 6.67. The Balaban J connectivity index is 2.65. The molecule has 4 nitrogen and oxygen atoms in total. The molecule has 0 aliphatic heterocycles. The van der Waals surface area contributed by atoms with E-state index in [0.717, 1.165) is 0 Å². The van der Waals surface area contributed by atoms with Crippen molar-refractivity contribution < 1.29 is 19.1 Å². The SMILES string of the molecule is O=C(OCC(Cl)(Cl)Cl)OC(C(=O)Cl)c1ccccc1. The Kier molecular flexibility index (Phi) is 6.20. The van der Waals surface area contributed by atoms with E-state index < -0.39 is 27.9 Å². The highest BCUT2D eigenvalue weighted by atomic mass is 35.6. The van der Waals surface area contributed by atoms with Gasteiger partial charge in [0, 0.05) is 5.56 Å². The minimum absolute atomic E-state index is 0.410. The first-order chi connectivity index (χ1) is 8.79. The van der Waals surface area contributed by atoms with Crippen LogP contribution in [0.4, 0.5) is 4.79 Å². The van der Waals surface area contributed by atoms with E-state index in [2.05, 4.69) is 4.74 Å². The molecule has 0 aliphatic rings. The van der Waals surface area contributed by atoms with E-state index in [9.17, 15) is 9.59 Å². The summed E-state index contributed by atoms with van der Waals surface area (Å²) in [6.07, 6.45) is -2.43. The van der Waals surface area contributed by atoms with Crippen molar-refractivity contribution in [2.75, 3.05) is 6.61 Å². The Morgan fingerprint density at radius 1 is 1.16 bits per heavy atom. The predicted octanol–water partition coefficient (Wildman–Crippen LogP) is 4.02. The topological polar surface area (TPSA) is 52.6 Å². The monoisotopic (exact) mass is 344 g/mol. The third-order valence-electron chi connectivity index (χ3n) is 1.88. The van der Waals surface area contributed by atoms with Gasteiger partial charge in [-0.1, -0.05) is 65.1 Å². The highest BCUT2D eigenvalue weighted by Crippen LogP contribution is 2.27. The molecule has 0 saturated heterocycles. The van der Waals surface area contributed by atoms with Crippen molar-refractivity contribution in [2.45, 2.75) is 9.90 Å². The molecule has 0 bridgehead atoms. The summed E-state index contributed by atoms with van der Waals surface area (Å²) in [5, 5.41) is -0.864. The summed E-state index contributed by atoms with van der Waals surface area (Å²) in [6.45, 7) is -0.505. The molecule has 8 heteroatoms. The number of benzene rings is 1. The van der Waals surface area contributed by atoms with Crippen LogP contribution in [-0.2, 0) is 14.3 Å². The number of ether oxygens (including phenoxy) is 2. The Bertz CT molecular complexity index is 444. The Hall–Kier alpha value is -0.680. The fourth-order valence-corrected chi connectivity index (χ4v) is 1.48. The number of carbonyl (C=O) groups is 2. The van der Waals surface area contributed by atoms with E-state index in [0.29, 0.717) is 5.56 Å². The lowest BCUT2D eigenvalue weighted by molar-refractivity contribution is -0.121. The van der Waals surface area contributed by atoms with Crippen molar-refractivity contribution in [2.24, 2.45) is 0 Å². The molecule has 0 N–H and O–H groups in total. The fraction of sp³-hybridized carbons (Fsp3) is 0.273. The molecule has 0 radical (unpaired) electrons. The Morgan fingerprint density at radius 2 is 1.74 bits per heavy atom. The van der Waals surface area contributed by atoms with Crippen molar-refractivity contribution in [3.05, 3.63) is 35.9 Å². The van der Waals surface area contributed by atoms with Crippen LogP contribution >= 0.6 is 46.4 Å². The molecule has 0 heterocycles. The first kappa shape index (κ1) is 16.4. The van der Waals surface area contributed by atoms with Gasteiger partial charge < -0.3 is 9.47 Å². The molecule has 1 rings (SSSR count). The molecule has 0 aromatic heterocycles. The second-order valence-electron chi connectivity index (χ2n) is 3.37. The summed E-state index contributed by atoms with van der Waals surface area (Å²) in [6, 6.07) is 8.22. The summed E-state index contributed by atoms with van der Waals surface area (Å²) in [5.74, 6) is 0. The summed E-state index contributed by atoms with van der Waals surface area (Å²) < 4.78 is 7.56. The average Bonchev–Trinajstić information content (AvgIpc) is 2.33. The van der Waals surface area contributed by atoms with E-state index in [4.69, 9.17) is 51.1 Å². The number of carbonyl (C=O) groups excluding carboxylic acids is 2. The van der Waals surface area contributed by atoms with Crippen molar-refractivity contribution in [1.29, 1.82) is 0 Å². The number of hydrogen-bond acceptors (Lipinski definition) is 4. The van der Waals surface area contributed by atoms with Gasteiger partial charge in [-0.15, -0.1) is 0 Å². The largest absolute Gasteiger partial charge is 0.509 e. The van der Waals surface area contributed by atoms with Crippen molar-refractivity contribution in [3.63, 3.8) is 0 Å². The standard InChI is InChI=1S/C11H8Cl4O4/c12-9(16)8(7-4-2-1-3-5-7)19-10(17)18-6-11(13,14)15/h1-5,8H,6H2. The molecule has 19 heavy (non-hydrogen) atoms. The summed E-state index contributed by atoms with van der Waals surface area (Å²) in [5.41, 5.74) is 0.410. The zero-order chi connectivity index (χ0) is 14.5. The molecular formula is C11H8Cl4O4. The number of alkyl halides is 3. The van der Waals surface area contributed by atoms with Crippen molar-refractivity contribution >= 4 is 57.8 Å². The normalized spacial score (nSPS) is 12.6. The molecular weight excluding hydrogens is 338 g/mol. The van der Waals surface area contributed by atoms with E-state index in [1.54, 1.807) is 30.3 Å². The van der Waals surface area contributed by atoms with Crippen LogP contribution in [-0.4, -0.2) is 21.8 Å². The van der Waals surface area contributed by atoms with Gasteiger partial charge in [-0.3, -0.25) is 4.79 Å². The number of hydrogen-bond donors (Lipinski definition) is 0. The third kappa shape index (κ3) is 6.34. The van der Waals surface area contributed by atoms with Gasteiger partial charge in [0.2, 0.25) is 9.90 Å². The molecule has 0 aliphatic carbocycles. The molecule has 1 aromatic rings.